The van der Waals surface area contributed by atoms with Crippen molar-refractivity contribution in [2.24, 2.45) is 0 Å². The number of carbonyl (C=O) groups is 1. The highest BCUT2D eigenvalue weighted by Crippen LogP contribution is 2.11. The molecule has 0 aliphatic carbocycles. The van der Waals surface area contributed by atoms with Crippen LogP contribution in [-0.4, -0.2) is 32.3 Å². The lowest BCUT2D eigenvalue weighted by molar-refractivity contribution is -0.120. The van der Waals surface area contributed by atoms with Gasteiger partial charge in [0.2, 0.25) is 10.9 Å². The SMILES string of the molecule is O=C(Cc1ccccc1)NCCc1nn2cnnc2s1. The van der Waals surface area contributed by atoms with Crippen molar-refractivity contribution < 1.29 is 4.79 Å². The minimum Gasteiger partial charge on any atom is -0.355 e. The Morgan fingerprint density at radius 3 is 2.95 bits per heavy atom. The first-order valence-corrected chi connectivity index (χ1v) is 7.09. The zero-order chi connectivity index (χ0) is 13.8. The number of amides is 1. The summed E-state index contributed by atoms with van der Waals surface area (Å²) in [5.41, 5.74) is 1.02. The van der Waals surface area contributed by atoms with Crippen LogP contribution >= 0.6 is 11.3 Å². The number of hydrogen-bond acceptors (Lipinski definition) is 5. The van der Waals surface area contributed by atoms with Crippen LogP contribution < -0.4 is 5.32 Å². The molecule has 0 aliphatic rings. The molecule has 0 aliphatic heterocycles. The molecule has 0 unspecified atom stereocenters. The van der Waals surface area contributed by atoms with Gasteiger partial charge < -0.3 is 5.32 Å². The van der Waals surface area contributed by atoms with E-state index in [9.17, 15) is 4.79 Å². The highest BCUT2D eigenvalue weighted by molar-refractivity contribution is 7.16. The molecule has 0 fully saturated rings. The van der Waals surface area contributed by atoms with E-state index in [2.05, 4.69) is 20.6 Å². The lowest BCUT2D eigenvalue weighted by Crippen LogP contribution is -2.27. The molecule has 20 heavy (non-hydrogen) atoms. The van der Waals surface area contributed by atoms with E-state index in [1.165, 1.54) is 11.3 Å². The molecule has 0 saturated carbocycles. The van der Waals surface area contributed by atoms with E-state index in [4.69, 9.17) is 0 Å². The Kier molecular flexibility index (Phi) is 3.69. The smallest absolute Gasteiger partial charge is 0.234 e. The first-order valence-electron chi connectivity index (χ1n) is 6.27. The van der Waals surface area contributed by atoms with Crippen LogP contribution in [0.4, 0.5) is 0 Å². The van der Waals surface area contributed by atoms with Crippen LogP contribution in [0, 0.1) is 0 Å². The molecule has 102 valence electrons. The van der Waals surface area contributed by atoms with Crippen molar-refractivity contribution >= 4 is 22.2 Å². The van der Waals surface area contributed by atoms with Gasteiger partial charge in [-0.3, -0.25) is 4.79 Å². The maximum absolute atomic E-state index is 11.8. The summed E-state index contributed by atoms with van der Waals surface area (Å²) in [6.07, 6.45) is 2.68. The van der Waals surface area contributed by atoms with Gasteiger partial charge in [0.15, 0.2) is 0 Å². The van der Waals surface area contributed by atoms with Gasteiger partial charge in [-0.2, -0.15) is 9.61 Å². The molecule has 1 amide bonds. The van der Waals surface area contributed by atoms with E-state index in [0.717, 1.165) is 15.5 Å². The average Bonchev–Trinajstić information content (AvgIpc) is 3.01. The van der Waals surface area contributed by atoms with Crippen molar-refractivity contribution in [2.75, 3.05) is 6.54 Å². The van der Waals surface area contributed by atoms with Gasteiger partial charge in [0.25, 0.3) is 0 Å². The van der Waals surface area contributed by atoms with Crippen LogP contribution in [0.25, 0.3) is 4.96 Å². The number of carbonyl (C=O) groups excluding carboxylic acids is 1. The first kappa shape index (κ1) is 12.7. The number of nitrogens with one attached hydrogen (secondary N) is 1. The van der Waals surface area contributed by atoms with Crippen molar-refractivity contribution in [2.45, 2.75) is 12.8 Å². The van der Waals surface area contributed by atoms with Gasteiger partial charge in [0.05, 0.1) is 6.42 Å². The van der Waals surface area contributed by atoms with Crippen LogP contribution in [0.2, 0.25) is 0 Å². The van der Waals surface area contributed by atoms with Crippen LogP contribution in [0.15, 0.2) is 36.7 Å². The van der Waals surface area contributed by atoms with Crippen LogP contribution in [-0.2, 0) is 17.6 Å². The Balaban J connectivity index is 1.47. The van der Waals surface area contributed by atoms with E-state index in [1.54, 1.807) is 10.8 Å². The molecular weight excluding hydrogens is 274 g/mol. The summed E-state index contributed by atoms with van der Waals surface area (Å²) in [7, 11) is 0. The first-order chi connectivity index (χ1) is 9.81. The third kappa shape index (κ3) is 3.00. The van der Waals surface area contributed by atoms with Crippen molar-refractivity contribution in [3.05, 3.63) is 47.2 Å². The van der Waals surface area contributed by atoms with Crippen molar-refractivity contribution in [3.8, 4) is 0 Å². The Bertz CT molecular complexity index is 677. The minimum atomic E-state index is 0.0270. The monoisotopic (exact) mass is 287 g/mol. The fourth-order valence-corrected chi connectivity index (χ4v) is 2.67. The van der Waals surface area contributed by atoms with Gasteiger partial charge in [-0.25, -0.2) is 0 Å². The van der Waals surface area contributed by atoms with Gasteiger partial charge in [-0.15, -0.1) is 10.2 Å². The molecule has 0 radical (unpaired) electrons. The summed E-state index contributed by atoms with van der Waals surface area (Å²) in [4.78, 5) is 12.5. The molecule has 7 heteroatoms. The minimum absolute atomic E-state index is 0.0270. The zero-order valence-corrected chi connectivity index (χ0v) is 11.5. The Hall–Kier alpha value is -2.28. The summed E-state index contributed by atoms with van der Waals surface area (Å²) in [6.45, 7) is 0.579. The third-order valence-corrected chi connectivity index (χ3v) is 3.77. The lowest BCUT2D eigenvalue weighted by atomic mass is 10.1. The molecule has 1 N–H and O–H groups in total. The summed E-state index contributed by atoms with van der Waals surface area (Å²) >= 11 is 1.49. The zero-order valence-electron chi connectivity index (χ0n) is 10.7. The molecule has 0 bridgehead atoms. The number of benzene rings is 1. The topological polar surface area (TPSA) is 72.2 Å². The van der Waals surface area contributed by atoms with Crippen LogP contribution in [0.1, 0.15) is 10.6 Å². The number of fused-ring (bicyclic) bond motifs is 1. The number of hydrogen-bond donors (Lipinski definition) is 1. The quantitative estimate of drug-likeness (QED) is 0.762. The molecule has 2 aromatic heterocycles. The van der Waals surface area contributed by atoms with Crippen LogP contribution in [0.5, 0.6) is 0 Å². The van der Waals surface area contributed by atoms with Gasteiger partial charge >= 0.3 is 0 Å². The van der Waals surface area contributed by atoms with Crippen molar-refractivity contribution in [1.29, 1.82) is 0 Å². The van der Waals surface area contributed by atoms with Crippen LogP contribution in [0.3, 0.4) is 0 Å². The van der Waals surface area contributed by atoms with E-state index in [0.29, 0.717) is 19.4 Å². The fraction of sp³-hybridized carbons (Fsp3) is 0.231. The number of rotatable bonds is 5. The molecule has 0 atom stereocenters. The molecule has 3 rings (SSSR count). The Labute approximate surface area is 119 Å². The van der Waals surface area contributed by atoms with E-state index in [-0.39, 0.29) is 5.91 Å². The summed E-state index contributed by atoms with van der Waals surface area (Å²) in [6, 6.07) is 9.70. The van der Waals surface area contributed by atoms with Gasteiger partial charge in [0, 0.05) is 13.0 Å². The third-order valence-electron chi connectivity index (χ3n) is 2.80. The normalized spacial score (nSPS) is 10.8. The second-order valence-electron chi connectivity index (χ2n) is 4.32. The lowest BCUT2D eigenvalue weighted by Gasteiger charge is -2.03. The van der Waals surface area contributed by atoms with E-state index >= 15 is 0 Å². The highest BCUT2D eigenvalue weighted by atomic mass is 32.1. The average molecular weight is 287 g/mol. The molecule has 1 aromatic carbocycles. The number of nitrogens with zero attached hydrogens (tertiary/aromatic N) is 4. The molecule has 0 saturated heterocycles. The highest BCUT2D eigenvalue weighted by Gasteiger charge is 2.06. The second kappa shape index (κ2) is 5.79. The van der Waals surface area contributed by atoms with E-state index < -0.39 is 0 Å². The number of aromatic nitrogens is 4. The Morgan fingerprint density at radius 1 is 1.30 bits per heavy atom. The molecule has 6 nitrogen and oxygen atoms in total. The van der Waals surface area contributed by atoms with Gasteiger partial charge in [-0.1, -0.05) is 41.7 Å². The molecule has 2 heterocycles. The standard InChI is InChI=1S/C13H13N5OS/c19-11(8-10-4-2-1-3-5-10)14-7-6-12-17-18-9-15-16-13(18)20-12/h1-5,9H,6-8H2,(H,14,19). The van der Waals surface area contributed by atoms with Gasteiger partial charge in [-0.05, 0) is 5.56 Å². The summed E-state index contributed by atoms with van der Waals surface area (Å²) in [5, 5.41) is 15.8. The molecular formula is C13H13N5OS. The Morgan fingerprint density at radius 2 is 2.15 bits per heavy atom. The fourth-order valence-electron chi connectivity index (χ4n) is 1.85. The molecule has 3 aromatic rings. The van der Waals surface area contributed by atoms with E-state index in [1.807, 2.05) is 30.3 Å². The summed E-state index contributed by atoms with van der Waals surface area (Å²) in [5.74, 6) is 0.0270. The van der Waals surface area contributed by atoms with Crippen molar-refractivity contribution in [3.63, 3.8) is 0 Å². The predicted octanol–water partition coefficient (Wildman–Crippen LogP) is 1.09. The summed E-state index contributed by atoms with van der Waals surface area (Å²) < 4.78 is 1.64. The van der Waals surface area contributed by atoms with Crippen molar-refractivity contribution in [1.82, 2.24) is 25.1 Å². The second-order valence-corrected chi connectivity index (χ2v) is 5.36. The largest absolute Gasteiger partial charge is 0.355 e. The predicted molar refractivity (Wildman–Crippen MR) is 75.5 cm³/mol. The maximum Gasteiger partial charge on any atom is 0.234 e. The molecule has 0 spiro atoms. The van der Waals surface area contributed by atoms with Gasteiger partial charge in [0.1, 0.15) is 11.3 Å². The maximum atomic E-state index is 11.8.